The number of nitrogens with zero attached hydrogens (tertiary/aromatic N) is 1. The van der Waals surface area contributed by atoms with Crippen LogP contribution in [0.5, 0.6) is 17.2 Å². The Morgan fingerprint density at radius 3 is 2.29 bits per heavy atom. The number of benzene rings is 3. The van der Waals surface area contributed by atoms with Crippen molar-refractivity contribution in [2.75, 3.05) is 34.4 Å². The van der Waals surface area contributed by atoms with Gasteiger partial charge in [0.25, 0.3) is 5.91 Å². The Morgan fingerprint density at radius 2 is 1.65 bits per heavy atom. The van der Waals surface area contributed by atoms with Crippen LogP contribution in [-0.2, 0) is 13.0 Å². The van der Waals surface area contributed by atoms with Gasteiger partial charge >= 0.3 is 0 Å². The van der Waals surface area contributed by atoms with Gasteiger partial charge in [-0.05, 0) is 71.6 Å². The van der Waals surface area contributed by atoms with Crippen molar-refractivity contribution in [3.63, 3.8) is 0 Å². The lowest BCUT2D eigenvalue weighted by molar-refractivity contribution is 0.0925. The second kappa shape index (κ2) is 10.6. The number of ether oxygens (including phenoxy) is 3. The first kappa shape index (κ1) is 23.6. The van der Waals surface area contributed by atoms with E-state index in [0.29, 0.717) is 35.9 Å². The lowest BCUT2D eigenvalue weighted by Crippen LogP contribution is -2.41. The average molecular weight is 465 g/mol. The van der Waals surface area contributed by atoms with Crippen LogP contribution in [0.15, 0.2) is 60.7 Å². The normalized spacial score (nSPS) is 15.4. The lowest BCUT2D eigenvalue weighted by atomic mass is 9.91. The van der Waals surface area contributed by atoms with Crippen LogP contribution in [0.25, 0.3) is 0 Å². The molecule has 34 heavy (non-hydrogen) atoms. The lowest BCUT2D eigenvalue weighted by Gasteiger charge is -2.38. The van der Waals surface area contributed by atoms with Gasteiger partial charge in [0.2, 0.25) is 0 Å². The monoisotopic (exact) mass is 464 g/mol. The van der Waals surface area contributed by atoms with Crippen molar-refractivity contribution in [3.8, 4) is 17.2 Å². The highest BCUT2D eigenvalue weighted by Crippen LogP contribution is 2.38. The first-order chi connectivity index (χ1) is 16.5. The predicted molar refractivity (Wildman–Crippen MR) is 128 cm³/mol. The Labute approximate surface area is 199 Å². The molecule has 7 heteroatoms. The summed E-state index contributed by atoms with van der Waals surface area (Å²) in [6.07, 6.45) is 0.833. The Bertz CT molecular complexity index is 1130. The van der Waals surface area contributed by atoms with E-state index in [2.05, 4.69) is 10.2 Å². The van der Waals surface area contributed by atoms with Gasteiger partial charge in [-0.1, -0.05) is 12.1 Å². The third kappa shape index (κ3) is 5.15. The molecule has 1 aliphatic heterocycles. The summed E-state index contributed by atoms with van der Waals surface area (Å²) in [5.74, 6) is 1.62. The maximum absolute atomic E-state index is 13.4. The molecule has 0 saturated carbocycles. The fourth-order valence-corrected chi connectivity index (χ4v) is 4.37. The van der Waals surface area contributed by atoms with Gasteiger partial charge in [-0.3, -0.25) is 9.69 Å². The summed E-state index contributed by atoms with van der Waals surface area (Å²) >= 11 is 0. The van der Waals surface area contributed by atoms with E-state index in [1.807, 2.05) is 12.1 Å². The fraction of sp³-hybridized carbons (Fsp3) is 0.296. The zero-order valence-electron chi connectivity index (χ0n) is 19.6. The van der Waals surface area contributed by atoms with Crippen LogP contribution < -0.4 is 19.5 Å². The van der Waals surface area contributed by atoms with Crippen molar-refractivity contribution in [1.29, 1.82) is 0 Å². The van der Waals surface area contributed by atoms with Crippen LogP contribution in [0, 0.1) is 5.82 Å². The highest BCUT2D eigenvalue weighted by Gasteiger charge is 2.29. The van der Waals surface area contributed by atoms with Gasteiger partial charge in [0.1, 0.15) is 11.6 Å². The maximum Gasteiger partial charge on any atom is 0.251 e. The van der Waals surface area contributed by atoms with Crippen molar-refractivity contribution in [3.05, 3.63) is 88.7 Å². The SMILES string of the molecule is COc1ccc(C(=O)NCC2c3cc(OC)c(OC)cc3CCN2Cc2ccc(F)cc2)cc1. The number of fused-ring (bicyclic) bond motifs is 1. The van der Waals surface area contributed by atoms with Crippen LogP contribution in [0.1, 0.15) is 33.1 Å². The number of rotatable bonds is 8. The molecule has 1 atom stereocenters. The van der Waals surface area contributed by atoms with Crippen LogP contribution in [0.3, 0.4) is 0 Å². The Morgan fingerprint density at radius 1 is 0.971 bits per heavy atom. The third-order valence-corrected chi connectivity index (χ3v) is 6.22. The molecule has 0 aliphatic carbocycles. The zero-order chi connectivity index (χ0) is 24.1. The summed E-state index contributed by atoms with van der Waals surface area (Å²) in [4.78, 5) is 15.2. The van der Waals surface area contributed by atoms with Crippen LogP contribution >= 0.6 is 0 Å². The average Bonchev–Trinajstić information content (AvgIpc) is 2.88. The predicted octanol–water partition coefficient (Wildman–Crippen LogP) is 4.38. The van der Waals surface area contributed by atoms with E-state index in [1.165, 1.54) is 12.1 Å². The minimum Gasteiger partial charge on any atom is -0.497 e. The molecule has 1 unspecified atom stereocenters. The highest BCUT2D eigenvalue weighted by molar-refractivity contribution is 5.94. The minimum absolute atomic E-state index is 0.0872. The minimum atomic E-state index is -0.257. The molecule has 0 radical (unpaired) electrons. The molecule has 1 amide bonds. The van der Waals surface area contributed by atoms with Gasteiger partial charge in [-0.25, -0.2) is 4.39 Å². The molecule has 4 rings (SSSR count). The molecule has 1 heterocycles. The molecular formula is C27H29FN2O4. The molecule has 0 bridgehead atoms. The zero-order valence-corrected chi connectivity index (χ0v) is 19.6. The molecule has 178 valence electrons. The van der Waals surface area contributed by atoms with Crippen molar-refractivity contribution >= 4 is 5.91 Å². The maximum atomic E-state index is 13.4. The molecule has 3 aromatic rings. The van der Waals surface area contributed by atoms with E-state index >= 15 is 0 Å². The van der Waals surface area contributed by atoms with Crippen molar-refractivity contribution in [1.82, 2.24) is 10.2 Å². The smallest absolute Gasteiger partial charge is 0.251 e. The Hall–Kier alpha value is -3.58. The topological polar surface area (TPSA) is 60.0 Å². The molecule has 1 N–H and O–H groups in total. The Balaban J connectivity index is 1.60. The molecule has 3 aromatic carbocycles. The fourth-order valence-electron chi connectivity index (χ4n) is 4.37. The number of methoxy groups -OCH3 is 3. The van der Waals surface area contributed by atoms with Crippen LogP contribution in [-0.4, -0.2) is 45.2 Å². The van der Waals surface area contributed by atoms with E-state index < -0.39 is 0 Å². The molecule has 0 aromatic heterocycles. The summed E-state index contributed by atoms with van der Waals surface area (Å²) in [6, 6.07) is 17.5. The van der Waals surface area contributed by atoms with E-state index in [9.17, 15) is 9.18 Å². The summed E-state index contributed by atoms with van der Waals surface area (Å²) < 4.78 is 29.6. The second-order valence-corrected chi connectivity index (χ2v) is 8.21. The van der Waals surface area contributed by atoms with Gasteiger partial charge in [0, 0.05) is 25.2 Å². The first-order valence-electron chi connectivity index (χ1n) is 11.2. The number of halogens is 1. The highest BCUT2D eigenvalue weighted by atomic mass is 19.1. The summed E-state index contributed by atoms with van der Waals surface area (Å²) in [7, 11) is 4.83. The largest absolute Gasteiger partial charge is 0.497 e. The first-order valence-corrected chi connectivity index (χ1v) is 11.2. The number of carbonyl (C=O) groups excluding carboxylic acids is 1. The molecule has 1 aliphatic rings. The number of carbonyl (C=O) groups is 1. The summed E-state index contributed by atoms with van der Waals surface area (Å²) in [6.45, 7) is 1.84. The standard InChI is InChI=1S/C27H29FN2O4/c1-32-22-10-6-19(7-11-22)27(31)29-16-24-23-15-26(34-3)25(33-2)14-20(23)12-13-30(24)17-18-4-8-21(28)9-5-18/h4-11,14-15,24H,12-13,16-17H2,1-3H3,(H,29,31). The number of hydrogen-bond donors (Lipinski definition) is 1. The van der Waals surface area contributed by atoms with E-state index in [-0.39, 0.29) is 17.8 Å². The summed E-state index contributed by atoms with van der Waals surface area (Å²) in [5.41, 5.74) is 3.82. The molecule has 6 nitrogen and oxygen atoms in total. The van der Waals surface area contributed by atoms with Crippen molar-refractivity contribution in [2.24, 2.45) is 0 Å². The van der Waals surface area contributed by atoms with Crippen LogP contribution in [0.4, 0.5) is 4.39 Å². The van der Waals surface area contributed by atoms with E-state index in [1.54, 1.807) is 57.7 Å². The quantitative estimate of drug-likeness (QED) is 0.536. The molecular weight excluding hydrogens is 435 g/mol. The number of hydrogen-bond acceptors (Lipinski definition) is 5. The molecule has 0 saturated heterocycles. The van der Waals surface area contributed by atoms with Crippen molar-refractivity contribution in [2.45, 2.75) is 19.0 Å². The molecule has 0 fully saturated rings. The van der Waals surface area contributed by atoms with E-state index in [0.717, 1.165) is 29.7 Å². The second-order valence-electron chi connectivity index (χ2n) is 8.21. The third-order valence-electron chi connectivity index (χ3n) is 6.22. The van der Waals surface area contributed by atoms with E-state index in [4.69, 9.17) is 14.2 Å². The molecule has 0 spiro atoms. The van der Waals surface area contributed by atoms with Gasteiger partial charge in [0.15, 0.2) is 11.5 Å². The van der Waals surface area contributed by atoms with Crippen molar-refractivity contribution < 1.29 is 23.4 Å². The van der Waals surface area contributed by atoms with Gasteiger partial charge in [-0.2, -0.15) is 0 Å². The number of amides is 1. The summed E-state index contributed by atoms with van der Waals surface area (Å²) in [5, 5.41) is 3.08. The van der Waals surface area contributed by atoms with Gasteiger partial charge in [0.05, 0.1) is 27.4 Å². The number of nitrogens with one attached hydrogen (secondary N) is 1. The Kier molecular flexibility index (Phi) is 7.33. The van der Waals surface area contributed by atoms with Gasteiger partial charge in [-0.15, -0.1) is 0 Å². The van der Waals surface area contributed by atoms with Gasteiger partial charge < -0.3 is 19.5 Å². The van der Waals surface area contributed by atoms with Crippen LogP contribution in [0.2, 0.25) is 0 Å².